The number of aromatic nitrogens is 2. The third-order valence-electron chi connectivity index (χ3n) is 3.56. The lowest BCUT2D eigenvalue weighted by Gasteiger charge is -2.17. The van der Waals surface area contributed by atoms with Crippen LogP contribution in [0.5, 0.6) is 0 Å². The molecule has 0 radical (unpaired) electrons. The van der Waals surface area contributed by atoms with Gasteiger partial charge in [-0.3, -0.25) is 0 Å². The van der Waals surface area contributed by atoms with Gasteiger partial charge in [-0.05, 0) is 31.0 Å². The molecule has 0 saturated heterocycles. The highest BCUT2D eigenvalue weighted by Crippen LogP contribution is 2.33. The minimum absolute atomic E-state index is 0.269. The van der Waals surface area contributed by atoms with E-state index in [0.29, 0.717) is 21.8 Å². The highest BCUT2D eigenvalue weighted by atomic mass is 79.9. The van der Waals surface area contributed by atoms with Crippen LogP contribution in [0.4, 0.5) is 4.39 Å². The summed E-state index contributed by atoms with van der Waals surface area (Å²) < 4.78 is 20.2. The second-order valence-corrected chi connectivity index (χ2v) is 5.82. The van der Waals surface area contributed by atoms with E-state index in [4.69, 9.17) is 4.42 Å². The lowest BCUT2D eigenvalue weighted by atomic mass is 9.89. The third kappa shape index (κ3) is 2.71. The van der Waals surface area contributed by atoms with Crippen molar-refractivity contribution in [1.82, 2.24) is 10.2 Å². The standard InChI is InChI=1S/C14H14BrFN2O/c15-10-6-7-11(12(16)8-10)14-18-17-13(19-14)9-4-2-1-3-5-9/h6-9H,1-5H2. The summed E-state index contributed by atoms with van der Waals surface area (Å²) in [5.41, 5.74) is 0.359. The monoisotopic (exact) mass is 324 g/mol. The fraction of sp³-hybridized carbons (Fsp3) is 0.429. The number of rotatable bonds is 2. The van der Waals surface area contributed by atoms with Gasteiger partial charge in [-0.2, -0.15) is 0 Å². The SMILES string of the molecule is Fc1cc(Br)ccc1-c1nnc(C2CCCCC2)o1. The van der Waals surface area contributed by atoms with Crippen molar-refractivity contribution in [1.29, 1.82) is 0 Å². The van der Waals surface area contributed by atoms with Gasteiger partial charge in [-0.15, -0.1) is 10.2 Å². The molecule has 1 heterocycles. The van der Waals surface area contributed by atoms with Gasteiger partial charge < -0.3 is 4.42 Å². The molecule has 2 aromatic rings. The van der Waals surface area contributed by atoms with E-state index in [-0.39, 0.29) is 11.7 Å². The van der Waals surface area contributed by atoms with Crippen LogP contribution in [0.2, 0.25) is 0 Å². The molecule has 5 heteroatoms. The number of halogens is 2. The van der Waals surface area contributed by atoms with Crippen molar-refractivity contribution in [3.05, 3.63) is 34.4 Å². The maximum absolute atomic E-state index is 13.8. The first-order chi connectivity index (χ1) is 9.24. The van der Waals surface area contributed by atoms with Gasteiger partial charge in [0.1, 0.15) is 5.82 Å². The van der Waals surface area contributed by atoms with E-state index in [9.17, 15) is 4.39 Å². The summed E-state index contributed by atoms with van der Waals surface area (Å²) in [5.74, 6) is 0.907. The molecule has 0 bridgehead atoms. The zero-order valence-electron chi connectivity index (χ0n) is 10.4. The molecular formula is C14H14BrFN2O. The smallest absolute Gasteiger partial charge is 0.250 e. The molecular weight excluding hydrogens is 311 g/mol. The summed E-state index contributed by atoms with van der Waals surface area (Å²) in [6.45, 7) is 0. The maximum atomic E-state index is 13.8. The Kier molecular flexibility index (Phi) is 3.64. The predicted octanol–water partition coefficient (Wildman–Crippen LogP) is 4.69. The third-order valence-corrected chi connectivity index (χ3v) is 4.05. The van der Waals surface area contributed by atoms with Crippen LogP contribution in [0.15, 0.2) is 27.1 Å². The first kappa shape index (κ1) is 12.8. The van der Waals surface area contributed by atoms with Crippen molar-refractivity contribution in [2.45, 2.75) is 38.0 Å². The van der Waals surface area contributed by atoms with Gasteiger partial charge in [-0.1, -0.05) is 35.2 Å². The zero-order valence-corrected chi connectivity index (χ0v) is 12.0. The Morgan fingerprint density at radius 1 is 1.16 bits per heavy atom. The Morgan fingerprint density at radius 3 is 2.68 bits per heavy atom. The number of nitrogens with zero attached hydrogens (tertiary/aromatic N) is 2. The van der Waals surface area contributed by atoms with Crippen LogP contribution in [0, 0.1) is 5.82 Å². The van der Waals surface area contributed by atoms with E-state index in [2.05, 4.69) is 26.1 Å². The molecule has 1 fully saturated rings. The normalized spacial score (nSPS) is 16.7. The van der Waals surface area contributed by atoms with E-state index in [1.54, 1.807) is 12.1 Å². The zero-order chi connectivity index (χ0) is 13.2. The first-order valence-corrected chi connectivity index (χ1v) is 7.32. The second-order valence-electron chi connectivity index (χ2n) is 4.90. The summed E-state index contributed by atoms with van der Waals surface area (Å²) in [4.78, 5) is 0. The van der Waals surface area contributed by atoms with E-state index in [0.717, 1.165) is 12.8 Å². The van der Waals surface area contributed by atoms with Crippen molar-refractivity contribution in [2.75, 3.05) is 0 Å². The Labute approximate surface area is 119 Å². The average molecular weight is 325 g/mol. The highest BCUT2D eigenvalue weighted by molar-refractivity contribution is 9.10. The molecule has 3 rings (SSSR count). The fourth-order valence-corrected chi connectivity index (χ4v) is 2.85. The van der Waals surface area contributed by atoms with Gasteiger partial charge in [0.25, 0.3) is 5.89 Å². The highest BCUT2D eigenvalue weighted by Gasteiger charge is 2.22. The molecule has 1 aliphatic rings. The molecule has 19 heavy (non-hydrogen) atoms. The van der Waals surface area contributed by atoms with E-state index in [1.165, 1.54) is 25.3 Å². The lowest BCUT2D eigenvalue weighted by Crippen LogP contribution is -2.04. The predicted molar refractivity (Wildman–Crippen MR) is 73.2 cm³/mol. The van der Waals surface area contributed by atoms with E-state index < -0.39 is 0 Å². The minimum atomic E-state index is -0.354. The van der Waals surface area contributed by atoms with Gasteiger partial charge >= 0.3 is 0 Å². The van der Waals surface area contributed by atoms with Crippen molar-refractivity contribution < 1.29 is 8.81 Å². The van der Waals surface area contributed by atoms with Crippen LogP contribution in [-0.4, -0.2) is 10.2 Å². The van der Waals surface area contributed by atoms with Gasteiger partial charge in [0.05, 0.1) is 5.56 Å². The van der Waals surface area contributed by atoms with Crippen LogP contribution < -0.4 is 0 Å². The molecule has 1 aromatic carbocycles. The van der Waals surface area contributed by atoms with Crippen LogP contribution in [0.3, 0.4) is 0 Å². The molecule has 0 spiro atoms. The van der Waals surface area contributed by atoms with Gasteiger partial charge in [0.2, 0.25) is 5.89 Å². The van der Waals surface area contributed by atoms with Crippen LogP contribution >= 0.6 is 15.9 Å². The van der Waals surface area contributed by atoms with E-state index >= 15 is 0 Å². The Hall–Kier alpha value is -1.23. The van der Waals surface area contributed by atoms with Crippen molar-refractivity contribution >= 4 is 15.9 Å². The first-order valence-electron chi connectivity index (χ1n) is 6.53. The molecule has 1 aliphatic carbocycles. The molecule has 0 amide bonds. The maximum Gasteiger partial charge on any atom is 0.250 e. The summed E-state index contributed by atoms with van der Waals surface area (Å²) in [6.07, 6.45) is 5.86. The number of hydrogen-bond donors (Lipinski definition) is 0. The largest absolute Gasteiger partial charge is 0.420 e. The van der Waals surface area contributed by atoms with Crippen molar-refractivity contribution in [2.24, 2.45) is 0 Å². The molecule has 100 valence electrons. The molecule has 0 unspecified atom stereocenters. The number of hydrogen-bond acceptors (Lipinski definition) is 3. The summed E-state index contributed by atoms with van der Waals surface area (Å²) >= 11 is 3.23. The fourth-order valence-electron chi connectivity index (χ4n) is 2.52. The van der Waals surface area contributed by atoms with Gasteiger partial charge in [-0.25, -0.2) is 4.39 Å². The molecule has 1 saturated carbocycles. The van der Waals surface area contributed by atoms with E-state index in [1.807, 2.05) is 0 Å². The minimum Gasteiger partial charge on any atom is -0.420 e. The Bertz CT molecular complexity index is 579. The molecule has 1 aromatic heterocycles. The lowest BCUT2D eigenvalue weighted by molar-refractivity contribution is 0.366. The topological polar surface area (TPSA) is 38.9 Å². The molecule has 0 N–H and O–H groups in total. The average Bonchev–Trinajstić information content (AvgIpc) is 2.89. The Morgan fingerprint density at radius 2 is 1.95 bits per heavy atom. The quantitative estimate of drug-likeness (QED) is 0.804. The van der Waals surface area contributed by atoms with Crippen LogP contribution in [0.1, 0.15) is 43.9 Å². The van der Waals surface area contributed by atoms with Crippen molar-refractivity contribution in [3.63, 3.8) is 0 Å². The van der Waals surface area contributed by atoms with Gasteiger partial charge in [0.15, 0.2) is 0 Å². The van der Waals surface area contributed by atoms with Gasteiger partial charge in [0, 0.05) is 10.4 Å². The number of benzene rings is 1. The molecule has 0 aliphatic heterocycles. The van der Waals surface area contributed by atoms with Crippen LogP contribution in [-0.2, 0) is 0 Å². The summed E-state index contributed by atoms with van der Waals surface area (Å²) in [5, 5.41) is 8.06. The second kappa shape index (κ2) is 5.41. The van der Waals surface area contributed by atoms with Crippen molar-refractivity contribution in [3.8, 4) is 11.5 Å². The summed E-state index contributed by atoms with van der Waals surface area (Å²) in [6, 6.07) is 4.82. The molecule has 0 atom stereocenters. The summed E-state index contributed by atoms with van der Waals surface area (Å²) in [7, 11) is 0. The van der Waals surface area contributed by atoms with Crippen LogP contribution in [0.25, 0.3) is 11.5 Å². The molecule has 3 nitrogen and oxygen atoms in total. The Balaban J connectivity index is 1.87.